The Bertz CT molecular complexity index is 377. The second-order valence-corrected chi connectivity index (χ2v) is 3.54. The van der Waals surface area contributed by atoms with Gasteiger partial charge in [0.2, 0.25) is 0 Å². The summed E-state index contributed by atoms with van der Waals surface area (Å²) in [6.07, 6.45) is -0.448. The highest BCUT2D eigenvalue weighted by Crippen LogP contribution is 2.25. The average Bonchev–Trinajstić information content (AvgIpc) is 2.24. The highest BCUT2D eigenvalue weighted by atomic mass is 16.6. The van der Waals surface area contributed by atoms with E-state index in [1.54, 1.807) is 18.2 Å². The molecule has 2 N–H and O–H groups in total. The van der Waals surface area contributed by atoms with Crippen LogP contribution in [0.2, 0.25) is 0 Å². The van der Waals surface area contributed by atoms with Crippen LogP contribution in [0.5, 0.6) is 11.5 Å². The molecule has 16 heavy (non-hydrogen) atoms. The van der Waals surface area contributed by atoms with E-state index in [9.17, 15) is 4.79 Å². The van der Waals surface area contributed by atoms with Gasteiger partial charge in [0.15, 0.2) is 11.5 Å². The van der Waals surface area contributed by atoms with Crippen molar-refractivity contribution in [3.05, 3.63) is 24.3 Å². The lowest BCUT2D eigenvalue weighted by Crippen LogP contribution is -2.57. The molecule has 1 fully saturated rings. The molecule has 0 spiro atoms. The number of hydrogen-bond donors (Lipinski definition) is 2. The molecule has 1 aliphatic heterocycles. The quantitative estimate of drug-likeness (QED) is 0.792. The molecule has 86 valence electrons. The lowest BCUT2D eigenvalue weighted by Gasteiger charge is -2.27. The van der Waals surface area contributed by atoms with Gasteiger partial charge in [0.25, 0.3) is 0 Å². The van der Waals surface area contributed by atoms with Crippen LogP contribution in [0.1, 0.15) is 0 Å². The molecule has 1 heterocycles. The number of benzene rings is 1. The van der Waals surface area contributed by atoms with E-state index in [-0.39, 0.29) is 6.04 Å². The van der Waals surface area contributed by atoms with E-state index in [1.165, 1.54) is 7.11 Å². The second kappa shape index (κ2) is 4.85. The van der Waals surface area contributed by atoms with Gasteiger partial charge >= 0.3 is 6.09 Å². The maximum atomic E-state index is 11.5. The number of methoxy groups -OCH3 is 1. The number of nitrogens with one attached hydrogen (secondary N) is 2. The monoisotopic (exact) mass is 222 g/mol. The first-order valence-electron chi connectivity index (χ1n) is 5.11. The van der Waals surface area contributed by atoms with Crippen LogP contribution in [0.4, 0.5) is 4.79 Å². The maximum absolute atomic E-state index is 11.5. The number of rotatable bonds is 3. The Morgan fingerprint density at radius 2 is 2.06 bits per heavy atom. The van der Waals surface area contributed by atoms with Crippen LogP contribution in [-0.2, 0) is 0 Å². The van der Waals surface area contributed by atoms with Crippen molar-refractivity contribution >= 4 is 6.09 Å². The molecule has 5 heteroatoms. The predicted octanol–water partition coefficient (Wildman–Crippen LogP) is 0.755. The van der Waals surface area contributed by atoms with Crippen molar-refractivity contribution in [3.8, 4) is 11.5 Å². The van der Waals surface area contributed by atoms with Crippen LogP contribution in [-0.4, -0.2) is 32.3 Å². The summed E-state index contributed by atoms with van der Waals surface area (Å²) in [5, 5.41) is 5.79. The molecule has 1 aliphatic rings. The molecule has 0 aromatic heterocycles. The third kappa shape index (κ3) is 2.43. The molecule has 1 aromatic rings. The smallest absolute Gasteiger partial charge is 0.413 e. The van der Waals surface area contributed by atoms with Gasteiger partial charge in [-0.3, -0.25) is 0 Å². The standard InChI is InChI=1S/C11H14N2O3/c1-15-9-4-2-3-5-10(9)16-11(14)13-8-6-12-7-8/h2-5,8,12H,6-7H2,1H3,(H,13,14). The molecule has 1 amide bonds. The van der Waals surface area contributed by atoms with Crippen LogP contribution < -0.4 is 20.1 Å². The molecule has 1 saturated heterocycles. The minimum atomic E-state index is -0.448. The molecule has 0 bridgehead atoms. The fraction of sp³-hybridized carbons (Fsp3) is 0.364. The van der Waals surface area contributed by atoms with Gasteiger partial charge in [0.1, 0.15) is 0 Å². The van der Waals surface area contributed by atoms with E-state index in [0.29, 0.717) is 11.5 Å². The Hall–Kier alpha value is -1.75. The number of hydrogen-bond acceptors (Lipinski definition) is 4. The van der Waals surface area contributed by atoms with E-state index in [2.05, 4.69) is 10.6 Å². The number of amides is 1. The molecule has 0 saturated carbocycles. The van der Waals surface area contributed by atoms with Gasteiger partial charge in [-0.05, 0) is 12.1 Å². The van der Waals surface area contributed by atoms with Crippen LogP contribution >= 0.6 is 0 Å². The lowest BCUT2D eigenvalue weighted by molar-refractivity contribution is 0.189. The Kier molecular flexibility index (Phi) is 3.26. The zero-order chi connectivity index (χ0) is 11.4. The van der Waals surface area contributed by atoms with Gasteiger partial charge in [-0.25, -0.2) is 4.79 Å². The van der Waals surface area contributed by atoms with Gasteiger partial charge in [0.05, 0.1) is 13.2 Å². The number of carbonyl (C=O) groups excluding carboxylic acids is 1. The third-order valence-corrected chi connectivity index (χ3v) is 2.38. The topological polar surface area (TPSA) is 59.6 Å². The number of para-hydroxylation sites is 2. The van der Waals surface area contributed by atoms with Crippen molar-refractivity contribution in [1.29, 1.82) is 0 Å². The zero-order valence-corrected chi connectivity index (χ0v) is 9.03. The van der Waals surface area contributed by atoms with Crippen molar-refractivity contribution in [2.45, 2.75) is 6.04 Å². The minimum Gasteiger partial charge on any atom is -0.493 e. The van der Waals surface area contributed by atoms with Gasteiger partial charge in [-0.2, -0.15) is 0 Å². The van der Waals surface area contributed by atoms with Gasteiger partial charge in [-0.15, -0.1) is 0 Å². The summed E-state index contributed by atoms with van der Waals surface area (Å²) in [5.74, 6) is 0.971. The van der Waals surface area contributed by atoms with Crippen molar-refractivity contribution in [3.63, 3.8) is 0 Å². The molecular formula is C11H14N2O3. The van der Waals surface area contributed by atoms with Crippen molar-refractivity contribution < 1.29 is 14.3 Å². The molecule has 5 nitrogen and oxygen atoms in total. The Morgan fingerprint density at radius 3 is 2.62 bits per heavy atom. The Balaban J connectivity index is 1.94. The van der Waals surface area contributed by atoms with Crippen LogP contribution in [0.15, 0.2) is 24.3 Å². The van der Waals surface area contributed by atoms with E-state index in [1.807, 2.05) is 6.07 Å². The average molecular weight is 222 g/mol. The number of carbonyl (C=O) groups is 1. The van der Waals surface area contributed by atoms with E-state index < -0.39 is 6.09 Å². The highest BCUT2D eigenvalue weighted by molar-refractivity contribution is 5.71. The zero-order valence-electron chi connectivity index (χ0n) is 9.03. The Labute approximate surface area is 93.7 Å². The van der Waals surface area contributed by atoms with E-state index >= 15 is 0 Å². The van der Waals surface area contributed by atoms with Crippen molar-refractivity contribution in [1.82, 2.24) is 10.6 Å². The molecule has 0 atom stereocenters. The van der Waals surface area contributed by atoms with E-state index in [0.717, 1.165) is 13.1 Å². The summed E-state index contributed by atoms with van der Waals surface area (Å²) in [5.41, 5.74) is 0. The largest absolute Gasteiger partial charge is 0.493 e. The van der Waals surface area contributed by atoms with Gasteiger partial charge < -0.3 is 20.1 Å². The van der Waals surface area contributed by atoms with Gasteiger partial charge in [-0.1, -0.05) is 12.1 Å². The van der Waals surface area contributed by atoms with Crippen LogP contribution in [0.3, 0.4) is 0 Å². The molecule has 1 aromatic carbocycles. The summed E-state index contributed by atoms with van der Waals surface area (Å²) < 4.78 is 10.2. The summed E-state index contributed by atoms with van der Waals surface area (Å²) in [4.78, 5) is 11.5. The third-order valence-electron chi connectivity index (χ3n) is 2.38. The van der Waals surface area contributed by atoms with Crippen molar-refractivity contribution in [2.75, 3.05) is 20.2 Å². The summed E-state index contributed by atoms with van der Waals surface area (Å²) in [6, 6.07) is 7.21. The summed E-state index contributed by atoms with van der Waals surface area (Å²) in [6.45, 7) is 1.59. The molecule has 0 radical (unpaired) electrons. The van der Waals surface area contributed by atoms with Crippen LogP contribution in [0, 0.1) is 0 Å². The summed E-state index contributed by atoms with van der Waals surface area (Å²) in [7, 11) is 1.54. The normalized spacial score (nSPS) is 15.1. The first kappa shape index (κ1) is 10.8. The second-order valence-electron chi connectivity index (χ2n) is 3.54. The molecule has 0 unspecified atom stereocenters. The molecular weight excluding hydrogens is 208 g/mol. The SMILES string of the molecule is COc1ccccc1OC(=O)NC1CNC1. The van der Waals surface area contributed by atoms with Gasteiger partial charge in [0, 0.05) is 13.1 Å². The fourth-order valence-electron chi connectivity index (χ4n) is 1.39. The Morgan fingerprint density at radius 1 is 1.38 bits per heavy atom. The van der Waals surface area contributed by atoms with Crippen molar-refractivity contribution in [2.24, 2.45) is 0 Å². The molecule has 2 rings (SSSR count). The lowest BCUT2D eigenvalue weighted by atomic mass is 10.2. The van der Waals surface area contributed by atoms with E-state index in [4.69, 9.17) is 9.47 Å². The van der Waals surface area contributed by atoms with Crippen LogP contribution in [0.25, 0.3) is 0 Å². The summed E-state index contributed by atoms with van der Waals surface area (Å²) >= 11 is 0. The fourth-order valence-corrected chi connectivity index (χ4v) is 1.39. The highest BCUT2D eigenvalue weighted by Gasteiger charge is 2.20. The predicted molar refractivity (Wildman–Crippen MR) is 58.8 cm³/mol. The number of ether oxygens (including phenoxy) is 2. The maximum Gasteiger partial charge on any atom is 0.413 e. The molecule has 0 aliphatic carbocycles. The first-order valence-corrected chi connectivity index (χ1v) is 5.11. The minimum absolute atomic E-state index is 0.169. The first-order chi connectivity index (χ1) is 7.79.